The van der Waals surface area contributed by atoms with Gasteiger partial charge in [-0.05, 0) is 53.6 Å². The standard InChI is InChI=1S/C22H25N3O2/c1-25-20(27)22(24-21(25)23,17-9-3-2-4-10-17)18-11-5-7-15(13-18)16-8-6-12-19(26)14-16/h5-8,11-14,17,26H,2-4,9-10H2,1H3,(H2,23,24). The van der Waals surface area contributed by atoms with Crippen molar-refractivity contribution in [3.8, 4) is 16.9 Å². The Balaban J connectivity index is 1.84. The summed E-state index contributed by atoms with van der Waals surface area (Å²) in [6.45, 7) is 0. The van der Waals surface area contributed by atoms with E-state index in [0.29, 0.717) is 0 Å². The highest BCUT2D eigenvalue weighted by molar-refractivity contribution is 6.07. The molecule has 1 fully saturated rings. The molecule has 27 heavy (non-hydrogen) atoms. The maximum Gasteiger partial charge on any atom is 0.261 e. The molecular weight excluding hydrogens is 338 g/mol. The van der Waals surface area contributed by atoms with Crippen molar-refractivity contribution in [2.45, 2.75) is 37.6 Å². The summed E-state index contributed by atoms with van der Waals surface area (Å²) in [6.07, 6.45) is 5.40. The fourth-order valence-corrected chi connectivity index (χ4v) is 4.49. The van der Waals surface area contributed by atoms with Crippen LogP contribution in [0.2, 0.25) is 0 Å². The quantitative estimate of drug-likeness (QED) is 0.874. The molecule has 0 saturated heterocycles. The lowest BCUT2D eigenvalue weighted by molar-refractivity contribution is -0.133. The average molecular weight is 363 g/mol. The molecule has 2 aromatic carbocycles. The third kappa shape index (κ3) is 2.87. The van der Waals surface area contributed by atoms with Crippen molar-refractivity contribution in [3.63, 3.8) is 0 Å². The zero-order chi connectivity index (χ0) is 19.0. The Hall–Kier alpha value is -2.82. The number of nitrogens with two attached hydrogens (primary N) is 1. The summed E-state index contributed by atoms with van der Waals surface area (Å²) in [4.78, 5) is 19.6. The van der Waals surface area contributed by atoms with Crippen LogP contribution in [0.1, 0.15) is 37.7 Å². The number of guanidine groups is 1. The second-order valence-corrected chi connectivity index (χ2v) is 7.57. The first-order valence-electron chi connectivity index (χ1n) is 9.56. The van der Waals surface area contributed by atoms with Gasteiger partial charge in [0.25, 0.3) is 5.91 Å². The van der Waals surface area contributed by atoms with Crippen LogP contribution in [0.5, 0.6) is 5.75 Å². The monoisotopic (exact) mass is 363 g/mol. The third-order valence-corrected chi connectivity index (χ3v) is 5.94. The Morgan fingerprint density at radius 1 is 1.07 bits per heavy atom. The lowest BCUT2D eigenvalue weighted by Gasteiger charge is -2.36. The summed E-state index contributed by atoms with van der Waals surface area (Å²) in [5, 5.41) is 9.82. The van der Waals surface area contributed by atoms with Crippen molar-refractivity contribution in [1.82, 2.24) is 4.90 Å². The van der Waals surface area contributed by atoms with Crippen molar-refractivity contribution >= 4 is 11.9 Å². The van der Waals surface area contributed by atoms with Crippen molar-refractivity contribution in [2.75, 3.05) is 7.05 Å². The van der Waals surface area contributed by atoms with Gasteiger partial charge in [0, 0.05) is 7.05 Å². The minimum Gasteiger partial charge on any atom is -0.508 e. The van der Waals surface area contributed by atoms with Gasteiger partial charge in [-0.1, -0.05) is 49.6 Å². The van der Waals surface area contributed by atoms with E-state index < -0.39 is 5.54 Å². The molecule has 1 heterocycles. The van der Waals surface area contributed by atoms with Crippen molar-refractivity contribution in [2.24, 2.45) is 16.6 Å². The number of rotatable bonds is 3. The van der Waals surface area contributed by atoms with E-state index in [1.165, 1.54) is 11.3 Å². The van der Waals surface area contributed by atoms with Crippen LogP contribution in [-0.4, -0.2) is 28.9 Å². The maximum atomic E-state index is 13.3. The predicted octanol–water partition coefficient (Wildman–Crippen LogP) is 3.62. The third-order valence-electron chi connectivity index (χ3n) is 5.94. The molecule has 1 atom stereocenters. The fourth-order valence-electron chi connectivity index (χ4n) is 4.49. The Morgan fingerprint density at radius 2 is 1.74 bits per heavy atom. The molecule has 1 aliphatic carbocycles. The van der Waals surface area contributed by atoms with E-state index in [2.05, 4.69) is 0 Å². The molecule has 0 bridgehead atoms. The largest absolute Gasteiger partial charge is 0.508 e. The zero-order valence-corrected chi connectivity index (χ0v) is 15.6. The number of benzene rings is 2. The maximum absolute atomic E-state index is 13.3. The summed E-state index contributed by atoms with van der Waals surface area (Å²) in [7, 11) is 1.70. The van der Waals surface area contributed by atoms with Crippen LogP contribution in [-0.2, 0) is 10.3 Å². The molecule has 140 valence electrons. The first-order chi connectivity index (χ1) is 13.0. The number of carbonyl (C=O) groups is 1. The number of hydrogen-bond donors (Lipinski definition) is 2. The van der Waals surface area contributed by atoms with Crippen LogP contribution in [0.15, 0.2) is 53.5 Å². The van der Waals surface area contributed by atoms with E-state index >= 15 is 0 Å². The van der Waals surface area contributed by atoms with Crippen LogP contribution < -0.4 is 5.73 Å². The number of carbonyl (C=O) groups excluding carboxylic acids is 1. The molecule has 3 N–H and O–H groups in total. The molecule has 4 rings (SSSR count). The van der Waals surface area contributed by atoms with E-state index in [1.807, 2.05) is 36.4 Å². The van der Waals surface area contributed by atoms with E-state index in [4.69, 9.17) is 10.7 Å². The highest BCUT2D eigenvalue weighted by atomic mass is 16.3. The number of phenols is 1. The summed E-state index contributed by atoms with van der Waals surface area (Å²) >= 11 is 0. The lowest BCUT2D eigenvalue weighted by atomic mass is 9.70. The molecule has 0 aromatic heterocycles. The van der Waals surface area contributed by atoms with Crippen LogP contribution >= 0.6 is 0 Å². The molecule has 1 amide bonds. The van der Waals surface area contributed by atoms with Crippen LogP contribution in [0.25, 0.3) is 11.1 Å². The van der Waals surface area contributed by atoms with Gasteiger partial charge >= 0.3 is 0 Å². The van der Waals surface area contributed by atoms with Crippen molar-refractivity contribution < 1.29 is 9.90 Å². The summed E-state index contributed by atoms with van der Waals surface area (Å²) in [5.41, 5.74) is 7.89. The van der Waals surface area contributed by atoms with Gasteiger partial charge in [0.2, 0.25) is 0 Å². The number of amides is 1. The Kier molecular flexibility index (Phi) is 4.38. The Labute approximate surface area is 159 Å². The number of aromatic hydroxyl groups is 1. The fraction of sp³-hybridized carbons (Fsp3) is 0.364. The lowest BCUT2D eigenvalue weighted by Crippen LogP contribution is -2.45. The smallest absolute Gasteiger partial charge is 0.261 e. The van der Waals surface area contributed by atoms with Crippen LogP contribution in [0, 0.1) is 5.92 Å². The molecule has 2 aromatic rings. The highest BCUT2D eigenvalue weighted by Gasteiger charge is 2.53. The summed E-state index contributed by atoms with van der Waals surface area (Å²) < 4.78 is 0. The van der Waals surface area contributed by atoms with Crippen molar-refractivity contribution in [3.05, 3.63) is 54.1 Å². The second-order valence-electron chi connectivity index (χ2n) is 7.57. The second kappa shape index (κ2) is 6.72. The Bertz CT molecular complexity index is 902. The number of likely N-dealkylation sites (N-methyl/N-ethyl adjacent to an activating group) is 1. The number of aliphatic imine (C=N–C) groups is 1. The SMILES string of the molecule is CN1C(=O)C(c2cccc(-c3cccc(O)c3)c2)(C2CCCCC2)N=C1N. The molecule has 1 aliphatic heterocycles. The molecule has 5 heteroatoms. The normalized spacial score (nSPS) is 23.5. The molecular formula is C22H25N3O2. The first kappa shape index (κ1) is 17.6. The number of nitrogens with zero attached hydrogens (tertiary/aromatic N) is 2. The van der Waals surface area contributed by atoms with Gasteiger partial charge in [0.1, 0.15) is 5.75 Å². The van der Waals surface area contributed by atoms with Gasteiger partial charge < -0.3 is 10.8 Å². The zero-order valence-electron chi connectivity index (χ0n) is 15.6. The van der Waals surface area contributed by atoms with Gasteiger partial charge in [-0.2, -0.15) is 0 Å². The van der Waals surface area contributed by atoms with Gasteiger partial charge in [-0.3, -0.25) is 9.69 Å². The van der Waals surface area contributed by atoms with Gasteiger partial charge in [0.05, 0.1) is 0 Å². The topological polar surface area (TPSA) is 78.9 Å². The summed E-state index contributed by atoms with van der Waals surface area (Å²) in [6, 6.07) is 15.1. The molecule has 0 radical (unpaired) electrons. The first-order valence-corrected chi connectivity index (χ1v) is 9.56. The van der Waals surface area contributed by atoms with Gasteiger partial charge in [-0.15, -0.1) is 0 Å². The Morgan fingerprint density at radius 3 is 2.37 bits per heavy atom. The molecule has 0 spiro atoms. The van der Waals surface area contributed by atoms with E-state index in [0.717, 1.165) is 42.4 Å². The van der Waals surface area contributed by atoms with Gasteiger partial charge in [0.15, 0.2) is 11.5 Å². The number of phenolic OH excluding ortho intramolecular Hbond substituents is 1. The minimum atomic E-state index is -0.938. The van der Waals surface area contributed by atoms with E-state index in [-0.39, 0.29) is 23.5 Å². The highest BCUT2D eigenvalue weighted by Crippen LogP contribution is 2.46. The van der Waals surface area contributed by atoms with Crippen LogP contribution in [0.4, 0.5) is 0 Å². The molecule has 5 nitrogen and oxygen atoms in total. The molecule has 1 saturated carbocycles. The van der Waals surface area contributed by atoms with E-state index in [1.54, 1.807) is 19.2 Å². The molecule has 1 unspecified atom stereocenters. The van der Waals surface area contributed by atoms with E-state index in [9.17, 15) is 9.90 Å². The van der Waals surface area contributed by atoms with Gasteiger partial charge in [-0.25, -0.2) is 4.99 Å². The van der Waals surface area contributed by atoms with Crippen LogP contribution in [0.3, 0.4) is 0 Å². The summed E-state index contributed by atoms with van der Waals surface area (Å²) in [5.74, 6) is 0.619. The minimum absolute atomic E-state index is 0.0417. The predicted molar refractivity (Wildman–Crippen MR) is 106 cm³/mol. The van der Waals surface area contributed by atoms with Crippen molar-refractivity contribution in [1.29, 1.82) is 0 Å². The average Bonchev–Trinajstić information content (AvgIpc) is 2.94. The molecule has 2 aliphatic rings. The number of hydrogen-bond acceptors (Lipinski definition) is 4.